The average molecular weight is 240 g/mol. The van der Waals surface area contributed by atoms with Crippen molar-refractivity contribution in [2.24, 2.45) is 5.73 Å². The summed E-state index contributed by atoms with van der Waals surface area (Å²) in [5.41, 5.74) is 7.12. The molecular formula is C11H16N2O2S. The van der Waals surface area contributed by atoms with E-state index in [-0.39, 0.29) is 0 Å². The number of pyridine rings is 1. The zero-order chi connectivity index (χ0) is 11.8. The van der Waals surface area contributed by atoms with Crippen molar-refractivity contribution in [3.63, 3.8) is 0 Å². The van der Waals surface area contributed by atoms with Crippen molar-refractivity contribution >= 4 is 17.2 Å². The number of rotatable bonds is 7. The maximum absolute atomic E-state index is 5.49. The Morgan fingerprint density at radius 1 is 1.44 bits per heavy atom. The Balaban J connectivity index is 2.36. The molecule has 88 valence electrons. The van der Waals surface area contributed by atoms with Crippen LogP contribution >= 0.6 is 12.2 Å². The molecule has 2 N–H and O–H groups in total. The van der Waals surface area contributed by atoms with E-state index in [0.717, 1.165) is 5.56 Å². The summed E-state index contributed by atoms with van der Waals surface area (Å²) in [6, 6.07) is 3.71. The van der Waals surface area contributed by atoms with E-state index in [4.69, 9.17) is 27.4 Å². The molecule has 0 radical (unpaired) electrons. The fourth-order valence-corrected chi connectivity index (χ4v) is 1.26. The van der Waals surface area contributed by atoms with Crippen molar-refractivity contribution in [3.05, 3.63) is 29.6 Å². The Morgan fingerprint density at radius 3 is 2.88 bits per heavy atom. The Morgan fingerprint density at radius 2 is 2.19 bits per heavy atom. The quantitative estimate of drug-likeness (QED) is 0.574. The summed E-state index contributed by atoms with van der Waals surface area (Å²) in [7, 11) is 0. The smallest absolute Gasteiger partial charge is 0.122 e. The van der Waals surface area contributed by atoms with E-state index in [1.165, 1.54) is 0 Å². The van der Waals surface area contributed by atoms with Crippen LogP contribution in [0.3, 0.4) is 0 Å². The third-order valence-electron chi connectivity index (χ3n) is 1.92. The van der Waals surface area contributed by atoms with Crippen LogP contribution in [0.2, 0.25) is 0 Å². The normalized spacial score (nSPS) is 10.3. The highest BCUT2D eigenvalue weighted by Crippen LogP contribution is 2.03. The molecule has 0 amide bonds. The molecule has 0 aliphatic rings. The van der Waals surface area contributed by atoms with Gasteiger partial charge in [0.25, 0.3) is 0 Å². The first kappa shape index (κ1) is 13.0. The van der Waals surface area contributed by atoms with Gasteiger partial charge >= 0.3 is 0 Å². The first-order chi connectivity index (χ1) is 7.74. The molecular weight excluding hydrogens is 224 g/mol. The third-order valence-corrected chi connectivity index (χ3v) is 2.13. The standard InChI is InChI=1S/C11H16N2O2S/c1-2-14-5-6-15-8-9-3-4-13-10(7-9)11(12)16/h3-4,7H,2,5-6,8H2,1H3,(H2,12,16). The lowest BCUT2D eigenvalue weighted by atomic mass is 10.2. The van der Waals surface area contributed by atoms with Gasteiger partial charge in [-0.1, -0.05) is 12.2 Å². The van der Waals surface area contributed by atoms with Crippen LogP contribution in [0.4, 0.5) is 0 Å². The lowest BCUT2D eigenvalue weighted by Gasteiger charge is -2.05. The summed E-state index contributed by atoms with van der Waals surface area (Å²) in [5, 5.41) is 0. The molecule has 0 spiro atoms. The number of nitrogens with two attached hydrogens (primary N) is 1. The van der Waals surface area contributed by atoms with Gasteiger partial charge in [-0.25, -0.2) is 0 Å². The van der Waals surface area contributed by atoms with E-state index in [1.807, 2.05) is 19.1 Å². The topological polar surface area (TPSA) is 57.4 Å². The third kappa shape index (κ3) is 4.65. The van der Waals surface area contributed by atoms with Gasteiger partial charge in [-0.15, -0.1) is 0 Å². The highest BCUT2D eigenvalue weighted by molar-refractivity contribution is 7.80. The van der Waals surface area contributed by atoms with Crippen molar-refractivity contribution < 1.29 is 9.47 Å². The van der Waals surface area contributed by atoms with Gasteiger partial charge in [0, 0.05) is 12.8 Å². The molecule has 1 rings (SSSR count). The Bertz CT molecular complexity index is 345. The second-order valence-electron chi connectivity index (χ2n) is 3.16. The number of thiocarbonyl (C=S) groups is 1. The van der Waals surface area contributed by atoms with Gasteiger partial charge in [0.2, 0.25) is 0 Å². The second kappa shape index (κ2) is 7.27. The molecule has 0 atom stereocenters. The maximum Gasteiger partial charge on any atom is 0.122 e. The van der Waals surface area contributed by atoms with Crippen LogP contribution in [-0.2, 0) is 16.1 Å². The van der Waals surface area contributed by atoms with Gasteiger partial charge in [0.15, 0.2) is 0 Å². The molecule has 0 unspecified atom stereocenters. The van der Waals surface area contributed by atoms with Crippen LogP contribution in [-0.4, -0.2) is 29.8 Å². The molecule has 0 fully saturated rings. The summed E-state index contributed by atoms with van der Waals surface area (Å²) in [4.78, 5) is 4.35. The summed E-state index contributed by atoms with van der Waals surface area (Å²) >= 11 is 4.85. The van der Waals surface area contributed by atoms with E-state index in [9.17, 15) is 0 Å². The summed E-state index contributed by atoms with van der Waals surface area (Å²) in [6.07, 6.45) is 1.68. The lowest BCUT2D eigenvalue weighted by Crippen LogP contribution is -2.12. The van der Waals surface area contributed by atoms with Crippen molar-refractivity contribution in [2.75, 3.05) is 19.8 Å². The van der Waals surface area contributed by atoms with E-state index in [2.05, 4.69) is 4.98 Å². The monoisotopic (exact) mass is 240 g/mol. The molecule has 4 nitrogen and oxygen atoms in total. The van der Waals surface area contributed by atoms with Gasteiger partial charge in [-0.3, -0.25) is 4.98 Å². The van der Waals surface area contributed by atoms with Crippen molar-refractivity contribution in [3.8, 4) is 0 Å². The molecule has 5 heteroatoms. The maximum atomic E-state index is 5.49. The number of hydrogen-bond acceptors (Lipinski definition) is 4. The molecule has 1 aromatic heterocycles. The molecule has 16 heavy (non-hydrogen) atoms. The summed E-state index contributed by atoms with van der Waals surface area (Å²) < 4.78 is 10.6. The lowest BCUT2D eigenvalue weighted by molar-refractivity contribution is 0.0453. The molecule has 0 saturated heterocycles. The first-order valence-corrected chi connectivity index (χ1v) is 5.55. The van der Waals surface area contributed by atoms with E-state index < -0.39 is 0 Å². The number of ether oxygens (including phenoxy) is 2. The predicted octanol–water partition coefficient (Wildman–Crippen LogP) is 1.27. The number of hydrogen-bond donors (Lipinski definition) is 1. The Kier molecular flexibility index (Phi) is 5.92. The first-order valence-electron chi connectivity index (χ1n) is 5.14. The molecule has 1 heterocycles. The fourth-order valence-electron chi connectivity index (χ4n) is 1.15. The Labute approximate surface area is 101 Å². The minimum Gasteiger partial charge on any atom is -0.388 e. The molecule has 0 aliphatic heterocycles. The number of aromatic nitrogens is 1. The van der Waals surface area contributed by atoms with Crippen molar-refractivity contribution in [2.45, 2.75) is 13.5 Å². The van der Waals surface area contributed by atoms with Crippen LogP contribution < -0.4 is 5.73 Å². The van der Waals surface area contributed by atoms with E-state index in [0.29, 0.717) is 37.1 Å². The van der Waals surface area contributed by atoms with Crippen LogP contribution in [0, 0.1) is 0 Å². The van der Waals surface area contributed by atoms with Gasteiger partial charge in [0.05, 0.1) is 25.5 Å². The van der Waals surface area contributed by atoms with Gasteiger partial charge in [-0.05, 0) is 24.6 Å². The van der Waals surface area contributed by atoms with Gasteiger partial charge < -0.3 is 15.2 Å². The van der Waals surface area contributed by atoms with E-state index >= 15 is 0 Å². The molecule has 0 aliphatic carbocycles. The Hall–Kier alpha value is -1.04. The zero-order valence-corrected chi connectivity index (χ0v) is 10.1. The van der Waals surface area contributed by atoms with E-state index in [1.54, 1.807) is 6.20 Å². The predicted molar refractivity (Wildman–Crippen MR) is 66.3 cm³/mol. The largest absolute Gasteiger partial charge is 0.388 e. The molecule has 0 bridgehead atoms. The van der Waals surface area contributed by atoms with Crippen LogP contribution in [0.15, 0.2) is 18.3 Å². The highest BCUT2D eigenvalue weighted by Gasteiger charge is 1.99. The van der Waals surface area contributed by atoms with Crippen LogP contribution in [0.25, 0.3) is 0 Å². The summed E-state index contributed by atoms with van der Waals surface area (Å²) in [5.74, 6) is 0. The average Bonchev–Trinajstić information content (AvgIpc) is 2.29. The van der Waals surface area contributed by atoms with Crippen LogP contribution in [0.5, 0.6) is 0 Å². The SMILES string of the molecule is CCOCCOCc1ccnc(C(N)=S)c1. The fraction of sp³-hybridized carbons (Fsp3) is 0.455. The minimum absolute atomic E-state index is 0.302. The minimum atomic E-state index is 0.302. The van der Waals surface area contributed by atoms with Gasteiger partial charge in [-0.2, -0.15) is 0 Å². The molecule has 0 aromatic carbocycles. The zero-order valence-electron chi connectivity index (χ0n) is 9.31. The number of nitrogens with zero attached hydrogens (tertiary/aromatic N) is 1. The molecule has 0 saturated carbocycles. The summed E-state index contributed by atoms with van der Waals surface area (Å²) in [6.45, 7) is 4.38. The molecule has 1 aromatic rings. The second-order valence-corrected chi connectivity index (χ2v) is 3.60. The van der Waals surface area contributed by atoms with Crippen molar-refractivity contribution in [1.29, 1.82) is 0 Å². The van der Waals surface area contributed by atoms with Gasteiger partial charge in [0.1, 0.15) is 4.99 Å². The van der Waals surface area contributed by atoms with Crippen LogP contribution in [0.1, 0.15) is 18.2 Å². The van der Waals surface area contributed by atoms with Crippen molar-refractivity contribution in [1.82, 2.24) is 4.98 Å². The highest BCUT2D eigenvalue weighted by atomic mass is 32.1.